The Morgan fingerprint density at radius 1 is 1.09 bits per heavy atom. The summed E-state index contributed by atoms with van der Waals surface area (Å²) < 4.78 is 0.983. The van der Waals surface area contributed by atoms with E-state index in [1.807, 2.05) is 48.5 Å². The highest BCUT2D eigenvalue weighted by Crippen LogP contribution is 2.27. The fourth-order valence-electron chi connectivity index (χ4n) is 2.45. The first-order chi connectivity index (χ1) is 10.8. The molecule has 2 aromatic carbocycles. The molecule has 1 atom stereocenters. The highest BCUT2D eigenvalue weighted by molar-refractivity contribution is 9.10. The van der Waals surface area contributed by atoms with Crippen LogP contribution in [0.2, 0.25) is 0 Å². The lowest BCUT2D eigenvalue weighted by atomic mass is 10.0. The molecule has 0 amide bonds. The fraction of sp³-hybridized carbons (Fsp3) is 0.176. The van der Waals surface area contributed by atoms with E-state index in [9.17, 15) is 5.11 Å². The number of fused-ring (bicyclic) bond motifs is 1. The van der Waals surface area contributed by atoms with Crippen molar-refractivity contribution < 1.29 is 5.11 Å². The van der Waals surface area contributed by atoms with Crippen molar-refractivity contribution in [2.45, 2.75) is 12.5 Å². The van der Waals surface area contributed by atoms with Gasteiger partial charge in [0, 0.05) is 16.5 Å². The molecular formula is C17H16BrN3O. The van der Waals surface area contributed by atoms with Crippen molar-refractivity contribution in [3.63, 3.8) is 0 Å². The van der Waals surface area contributed by atoms with Gasteiger partial charge in [0.15, 0.2) is 0 Å². The smallest absolute Gasteiger partial charge is 0.137 e. The first kappa shape index (κ1) is 14.9. The number of aliphatic hydroxyl groups is 1. The molecule has 0 bridgehead atoms. The maximum atomic E-state index is 9.35. The van der Waals surface area contributed by atoms with Gasteiger partial charge in [-0.2, -0.15) is 0 Å². The summed E-state index contributed by atoms with van der Waals surface area (Å²) in [7, 11) is 0. The Kier molecular flexibility index (Phi) is 4.65. The van der Waals surface area contributed by atoms with Crippen LogP contribution in [-0.2, 0) is 0 Å². The second-order valence-corrected chi connectivity index (χ2v) is 5.92. The normalized spacial score (nSPS) is 12.3. The number of hydrogen-bond acceptors (Lipinski definition) is 4. The maximum Gasteiger partial charge on any atom is 0.137 e. The molecule has 0 saturated carbocycles. The molecule has 112 valence electrons. The third kappa shape index (κ3) is 3.26. The third-order valence-electron chi connectivity index (χ3n) is 3.53. The highest BCUT2D eigenvalue weighted by atomic mass is 79.9. The zero-order valence-corrected chi connectivity index (χ0v) is 13.5. The van der Waals surface area contributed by atoms with E-state index in [1.54, 1.807) is 6.33 Å². The molecule has 0 fully saturated rings. The molecule has 2 N–H and O–H groups in total. The first-order valence-electron chi connectivity index (χ1n) is 7.10. The Morgan fingerprint density at radius 2 is 1.91 bits per heavy atom. The minimum atomic E-state index is 0.00304. The van der Waals surface area contributed by atoms with E-state index in [1.165, 1.54) is 0 Å². The van der Waals surface area contributed by atoms with Gasteiger partial charge in [-0.05, 0) is 30.2 Å². The summed E-state index contributed by atoms with van der Waals surface area (Å²) in [4.78, 5) is 8.66. The Labute approximate surface area is 137 Å². The molecule has 3 aromatic rings. The standard InChI is InChI=1S/C17H16BrN3O/c18-13-6-7-16-14(10-13)17(20-11-19-16)21-15(8-9-22)12-4-2-1-3-5-12/h1-7,10-11,15,22H,8-9H2,(H,19,20,21)/t15-/m1/s1. The van der Waals surface area contributed by atoms with Crippen LogP contribution in [0.3, 0.4) is 0 Å². The predicted octanol–water partition coefficient (Wildman–Crippen LogP) is 3.93. The van der Waals surface area contributed by atoms with Gasteiger partial charge in [-0.25, -0.2) is 9.97 Å². The molecule has 0 aliphatic heterocycles. The van der Waals surface area contributed by atoms with Crippen LogP contribution in [0.4, 0.5) is 5.82 Å². The number of aromatic nitrogens is 2. The van der Waals surface area contributed by atoms with Gasteiger partial charge in [-0.1, -0.05) is 46.3 Å². The fourth-order valence-corrected chi connectivity index (χ4v) is 2.81. The van der Waals surface area contributed by atoms with Crippen molar-refractivity contribution in [1.82, 2.24) is 9.97 Å². The van der Waals surface area contributed by atoms with Gasteiger partial charge < -0.3 is 10.4 Å². The largest absolute Gasteiger partial charge is 0.396 e. The van der Waals surface area contributed by atoms with Crippen molar-refractivity contribution in [2.24, 2.45) is 0 Å². The van der Waals surface area contributed by atoms with Crippen molar-refractivity contribution in [1.29, 1.82) is 0 Å². The molecule has 22 heavy (non-hydrogen) atoms. The van der Waals surface area contributed by atoms with Crippen LogP contribution >= 0.6 is 15.9 Å². The molecule has 0 aliphatic carbocycles. The van der Waals surface area contributed by atoms with Crippen molar-refractivity contribution >= 4 is 32.7 Å². The van der Waals surface area contributed by atoms with Crippen molar-refractivity contribution in [2.75, 3.05) is 11.9 Å². The number of anilines is 1. The molecule has 0 aliphatic rings. The SMILES string of the molecule is OCC[C@@H](Nc1ncnc2ccc(Br)cc12)c1ccccc1. The Bertz CT molecular complexity index is 764. The Hall–Kier alpha value is -1.98. The summed E-state index contributed by atoms with van der Waals surface area (Å²) in [6.45, 7) is 0.110. The lowest BCUT2D eigenvalue weighted by Crippen LogP contribution is -2.13. The molecule has 1 aromatic heterocycles. The first-order valence-corrected chi connectivity index (χ1v) is 7.90. The van der Waals surface area contributed by atoms with Crippen LogP contribution in [0.25, 0.3) is 10.9 Å². The lowest BCUT2D eigenvalue weighted by Gasteiger charge is -2.19. The van der Waals surface area contributed by atoms with Crippen LogP contribution in [0.1, 0.15) is 18.0 Å². The van der Waals surface area contributed by atoms with Gasteiger partial charge in [0.1, 0.15) is 12.1 Å². The number of benzene rings is 2. The molecule has 0 spiro atoms. The molecule has 4 nitrogen and oxygen atoms in total. The summed E-state index contributed by atoms with van der Waals surface area (Å²) in [5.41, 5.74) is 2.01. The molecule has 0 saturated heterocycles. The third-order valence-corrected chi connectivity index (χ3v) is 4.02. The minimum Gasteiger partial charge on any atom is -0.396 e. The number of rotatable bonds is 5. The zero-order valence-electron chi connectivity index (χ0n) is 11.9. The van der Waals surface area contributed by atoms with E-state index >= 15 is 0 Å². The average Bonchev–Trinajstić information content (AvgIpc) is 2.56. The summed E-state index contributed by atoms with van der Waals surface area (Å²) in [6.07, 6.45) is 2.17. The van der Waals surface area contributed by atoms with Crippen LogP contribution in [0.15, 0.2) is 59.3 Å². The number of nitrogens with zero attached hydrogens (tertiary/aromatic N) is 2. The topological polar surface area (TPSA) is 58.0 Å². The summed E-state index contributed by atoms with van der Waals surface area (Å²) in [6, 6.07) is 16.0. The summed E-state index contributed by atoms with van der Waals surface area (Å²) >= 11 is 3.49. The second kappa shape index (κ2) is 6.85. The molecule has 0 radical (unpaired) electrons. The van der Waals surface area contributed by atoms with Gasteiger partial charge in [-0.15, -0.1) is 0 Å². The van der Waals surface area contributed by atoms with Crippen LogP contribution in [-0.4, -0.2) is 21.7 Å². The Morgan fingerprint density at radius 3 is 2.68 bits per heavy atom. The minimum absolute atomic E-state index is 0.00304. The number of aliphatic hydroxyl groups excluding tert-OH is 1. The van der Waals surface area contributed by atoms with E-state index < -0.39 is 0 Å². The molecule has 5 heteroatoms. The summed E-state index contributed by atoms with van der Waals surface area (Å²) in [5, 5.41) is 13.7. The van der Waals surface area contributed by atoms with Gasteiger partial charge >= 0.3 is 0 Å². The van der Waals surface area contributed by atoms with Gasteiger partial charge in [0.25, 0.3) is 0 Å². The zero-order chi connectivity index (χ0) is 15.4. The summed E-state index contributed by atoms with van der Waals surface area (Å²) in [5.74, 6) is 0.772. The molecule has 1 heterocycles. The van der Waals surface area contributed by atoms with Gasteiger partial charge in [0.2, 0.25) is 0 Å². The number of nitrogens with one attached hydrogen (secondary N) is 1. The number of halogens is 1. The average molecular weight is 358 g/mol. The van der Waals surface area contributed by atoms with E-state index in [4.69, 9.17) is 0 Å². The number of hydrogen-bond donors (Lipinski definition) is 2. The maximum absolute atomic E-state index is 9.35. The second-order valence-electron chi connectivity index (χ2n) is 5.00. The van der Waals surface area contributed by atoms with E-state index in [0.29, 0.717) is 6.42 Å². The molecular weight excluding hydrogens is 342 g/mol. The van der Waals surface area contributed by atoms with Gasteiger partial charge in [-0.3, -0.25) is 0 Å². The molecule has 3 rings (SSSR count). The quantitative estimate of drug-likeness (QED) is 0.726. The van der Waals surface area contributed by atoms with Crippen molar-refractivity contribution in [3.8, 4) is 0 Å². The van der Waals surface area contributed by atoms with E-state index in [-0.39, 0.29) is 12.6 Å². The van der Waals surface area contributed by atoms with Gasteiger partial charge in [0.05, 0.1) is 11.6 Å². The van der Waals surface area contributed by atoms with Crippen LogP contribution in [0.5, 0.6) is 0 Å². The van der Waals surface area contributed by atoms with Crippen molar-refractivity contribution in [3.05, 3.63) is 64.9 Å². The van der Waals surface area contributed by atoms with E-state index in [0.717, 1.165) is 26.8 Å². The van der Waals surface area contributed by atoms with Crippen LogP contribution < -0.4 is 5.32 Å². The molecule has 0 unspecified atom stereocenters. The van der Waals surface area contributed by atoms with E-state index in [2.05, 4.69) is 31.2 Å². The Balaban J connectivity index is 1.98. The van der Waals surface area contributed by atoms with Crippen LogP contribution in [0, 0.1) is 0 Å². The highest BCUT2D eigenvalue weighted by Gasteiger charge is 2.13. The lowest BCUT2D eigenvalue weighted by molar-refractivity contribution is 0.280. The predicted molar refractivity (Wildman–Crippen MR) is 91.7 cm³/mol. The monoisotopic (exact) mass is 357 g/mol.